The molecule has 31 heavy (non-hydrogen) atoms. The third-order valence-corrected chi connectivity index (χ3v) is 4.96. The predicted octanol–water partition coefficient (Wildman–Crippen LogP) is 4.03. The van der Waals surface area contributed by atoms with Crippen LogP contribution in [0.5, 0.6) is 5.75 Å². The van der Waals surface area contributed by atoms with Crippen molar-refractivity contribution < 1.29 is 14.4 Å². The van der Waals surface area contributed by atoms with E-state index >= 15 is 0 Å². The zero-order chi connectivity index (χ0) is 22.2. The highest BCUT2D eigenvalue weighted by atomic mass is 16.5. The standard InChI is InChI=1S/C24H28N4O3/c1-16(2)30-22-11-9-18(14-19(22)15-25)24-27-23(28-31-24)7-5-4-6-20-17(3)8-10-21(20)26-12-13-29/h4-7,9,11,14,16,21,26,29H,8,10,12-13H2,1-3H3/b6-4-,7-5+. The fourth-order valence-electron chi connectivity index (χ4n) is 3.50. The second kappa shape index (κ2) is 10.7. The van der Waals surface area contributed by atoms with E-state index in [2.05, 4.69) is 34.5 Å². The fraction of sp³-hybridized carbons (Fsp3) is 0.375. The molecule has 2 N–H and O–H groups in total. The Bertz CT molecular complexity index is 1030. The topological polar surface area (TPSA) is 104 Å². The van der Waals surface area contributed by atoms with E-state index in [1.165, 1.54) is 11.1 Å². The van der Waals surface area contributed by atoms with Crippen molar-refractivity contribution in [2.45, 2.75) is 45.8 Å². The lowest BCUT2D eigenvalue weighted by Crippen LogP contribution is -2.30. The van der Waals surface area contributed by atoms with Gasteiger partial charge in [0.1, 0.15) is 11.8 Å². The molecule has 2 aromatic rings. The zero-order valence-electron chi connectivity index (χ0n) is 18.1. The Morgan fingerprint density at radius 2 is 2.16 bits per heavy atom. The minimum Gasteiger partial charge on any atom is -0.490 e. The number of benzene rings is 1. The number of ether oxygens (including phenoxy) is 1. The highest BCUT2D eigenvalue weighted by Gasteiger charge is 2.20. The number of aliphatic hydroxyl groups is 1. The van der Waals surface area contributed by atoms with Gasteiger partial charge in [-0.05, 0) is 63.5 Å². The molecule has 1 atom stereocenters. The molecule has 0 aliphatic heterocycles. The molecule has 1 aromatic heterocycles. The Morgan fingerprint density at radius 3 is 2.90 bits per heavy atom. The number of hydrogen-bond donors (Lipinski definition) is 2. The molecule has 0 saturated carbocycles. The molecule has 0 fully saturated rings. The highest BCUT2D eigenvalue weighted by Crippen LogP contribution is 2.28. The number of nitrogens with zero attached hydrogens (tertiary/aromatic N) is 3. The van der Waals surface area contributed by atoms with Crippen molar-refractivity contribution in [1.82, 2.24) is 15.5 Å². The van der Waals surface area contributed by atoms with E-state index in [0.29, 0.717) is 35.1 Å². The maximum Gasteiger partial charge on any atom is 0.258 e. The molecule has 0 spiro atoms. The first-order valence-electron chi connectivity index (χ1n) is 10.4. The van der Waals surface area contributed by atoms with Crippen LogP contribution in [0.4, 0.5) is 0 Å². The molecule has 1 aliphatic rings. The Hall–Kier alpha value is -3.21. The van der Waals surface area contributed by atoms with Gasteiger partial charge in [-0.15, -0.1) is 0 Å². The third-order valence-electron chi connectivity index (χ3n) is 4.96. The Balaban J connectivity index is 1.67. The number of nitrogens with one attached hydrogen (secondary N) is 1. The van der Waals surface area contributed by atoms with Crippen LogP contribution in [0.2, 0.25) is 0 Å². The van der Waals surface area contributed by atoms with Crippen LogP contribution in [0.15, 0.2) is 52.1 Å². The molecule has 0 amide bonds. The number of hydrogen-bond acceptors (Lipinski definition) is 7. The fourth-order valence-corrected chi connectivity index (χ4v) is 3.50. The van der Waals surface area contributed by atoms with E-state index in [0.717, 1.165) is 12.8 Å². The van der Waals surface area contributed by atoms with E-state index in [9.17, 15) is 5.26 Å². The third kappa shape index (κ3) is 5.91. The van der Waals surface area contributed by atoms with Crippen LogP contribution in [0.1, 0.15) is 45.0 Å². The van der Waals surface area contributed by atoms with Crippen LogP contribution < -0.4 is 10.1 Å². The second-order valence-electron chi connectivity index (χ2n) is 7.67. The van der Waals surface area contributed by atoms with E-state index in [-0.39, 0.29) is 18.8 Å². The van der Waals surface area contributed by atoms with Crippen molar-refractivity contribution in [2.75, 3.05) is 13.2 Å². The Kier molecular flexibility index (Phi) is 7.76. The normalized spacial score (nSPS) is 16.7. The number of aliphatic hydroxyl groups excluding tert-OH is 1. The molecular weight excluding hydrogens is 392 g/mol. The van der Waals surface area contributed by atoms with Crippen molar-refractivity contribution >= 4 is 6.08 Å². The summed E-state index contributed by atoms with van der Waals surface area (Å²) in [5, 5.41) is 25.8. The largest absolute Gasteiger partial charge is 0.490 e. The van der Waals surface area contributed by atoms with Gasteiger partial charge in [0, 0.05) is 18.2 Å². The molecule has 3 rings (SSSR count). The van der Waals surface area contributed by atoms with Gasteiger partial charge in [0.2, 0.25) is 0 Å². The lowest BCUT2D eigenvalue weighted by molar-refractivity contribution is 0.241. The van der Waals surface area contributed by atoms with Gasteiger partial charge in [-0.3, -0.25) is 0 Å². The van der Waals surface area contributed by atoms with Gasteiger partial charge in [-0.2, -0.15) is 10.2 Å². The summed E-state index contributed by atoms with van der Waals surface area (Å²) in [6.45, 7) is 6.69. The first-order valence-corrected chi connectivity index (χ1v) is 10.4. The van der Waals surface area contributed by atoms with E-state index in [1.807, 2.05) is 26.0 Å². The number of allylic oxidation sites excluding steroid dienone is 3. The van der Waals surface area contributed by atoms with E-state index in [1.54, 1.807) is 24.3 Å². The molecule has 1 unspecified atom stereocenters. The van der Waals surface area contributed by atoms with Crippen molar-refractivity contribution in [3.63, 3.8) is 0 Å². The van der Waals surface area contributed by atoms with Crippen LogP contribution in [0.3, 0.4) is 0 Å². The summed E-state index contributed by atoms with van der Waals surface area (Å²) in [6.07, 6.45) is 9.78. The lowest BCUT2D eigenvalue weighted by atomic mass is 10.1. The quantitative estimate of drug-likeness (QED) is 0.590. The summed E-state index contributed by atoms with van der Waals surface area (Å²) in [5.41, 5.74) is 3.72. The molecule has 162 valence electrons. The summed E-state index contributed by atoms with van der Waals surface area (Å²) < 4.78 is 11.0. The highest BCUT2D eigenvalue weighted by molar-refractivity contribution is 5.61. The average Bonchev–Trinajstić information content (AvgIpc) is 3.36. The molecule has 1 aliphatic carbocycles. The summed E-state index contributed by atoms with van der Waals surface area (Å²) in [5.74, 6) is 1.33. The Morgan fingerprint density at radius 1 is 1.35 bits per heavy atom. The van der Waals surface area contributed by atoms with Gasteiger partial charge >= 0.3 is 0 Å². The summed E-state index contributed by atoms with van der Waals surface area (Å²) in [6, 6.07) is 7.66. The molecule has 7 heteroatoms. The first kappa shape index (κ1) is 22.5. The van der Waals surface area contributed by atoms with Gasteiger partial charge < -0.3 is 19.7 Å². The van der Waals surface area contributed by atoms with E-state index in [4.69, 9.17) is 14.4 Å². The molecule has 7 nitrogen and oxygen atoms in total. The van der Waals surface area contributed by atoms with Gasteiger partial charge in [0.15, 0.2) is 5.82 Å². The smallest absolute Gasteiger partial charge is 0.258 e. The average molecular weight is 421 g/mol. The molecule has 0 radical (unpaired) electrons. The first-order chi connectivity index (χ1) is 15.0. The summed E-state index contributed by atoms with van der Waals surface area (Å²) in [4.78, 5) is 4.39. The second-order valence-corrected chi connectivity index (χ2v) is 7.67. The molecular formula is C24H28N4O3. The van der Waals surface area contributed by atoms with Gasteiger partial charge in [-0.1, -0.05) is 29.0 Å². The van der Waals surface area contributed by atoms with Crippen LogP contribution in [0, 0.1) is 11.3 Å². The zero-order valence-corrected chi connectivity index (χ0v) is 18.1. The number of rotatable bonds is 9. The minimum atomic E-state index is -0.0179. The van der Waals surface area contributed by atoms with Crippen LogP contribution >= 0.6 is 0 Å². The maximum atomic E-state index is 9.39. The number of aromatic nitrogens is 2. The van der Waals surface area contributed by atoms with Crippen molar-refractivity contribution in [1.29, 1.82) is 5.26 Å². The minimum absolute atomic E-state index is 0.0179. The van der Waals surface area contributed by atoms with Gasteiger partial charge in [0.25, 0.3) is 5.89 Å². The molecule has 1 aromatic carbocycles. The molecule has 1 heterocycles. The monoisotopic (exact) mass is 420 g/mol. The van der Waals surface area contributed by atoms with Crippen molar-refractivity contribution in [3.05, 3.63) is 59.0 Å². The van der Waals surface area contributed by atoms with Gasteiger partial charge in [0.05, 0.1) is 18.3 Å². The SMILES string of the molecule is CC1=C(/C=C\C=C\c2noc(-c3ccc(OC(C)C)c(C#N)c3)n2)C(NCCO)CC1. The summed E-state index contributed by atoms with van der Waals surface area (Å²) >= 11 is 0. The van der Waals surface area contributed by atoms with Crippen LogP contribution in [-0.4, -0.2) is 40.5 Å². The van der Waals surface area contributed by atoms with Crippen LogP contribution in [-0.2, 0) is 0 Å². The predicted molar refractivity (Wildman–Crippen MR) is 119 cm³/mol. The number of nitriles is 1. The molecule has 0 bridgehead atoms. The lowest BCUT2D eigenvalue weighted by Gasteiger charge is -2.13. The summed E-state index contributed by atoms with van der Waals surface area (Å²) in [7, 11) is 0. The maximum absolute atomic E-state index is 9.39. The Labute approximate surface area is 182 Å². The van der Waals surface area contributed by atoms with Crippen molar-refractivity contribution in [2.24, 2.45) is 0 Å². The van der Waals surface area contributed by atoms with Crippen molar-refractivity contribution in [3.8, 4) is 23.3 Å². The van der Waals surface area contributed by atoms with Gasteiger partial charge in [-0.25, -0.2) is 0 Å². The molecule has 0 saturated heterocycles. The van der Waals surface area contributed by atoms with E-state index < -0.39 is 0 Å². The van der Waals surface area contributed by atoms with Crippen LogP contribution in [0.25, 0.3) is 17.5 Å².